The molecule has 0 spiro atoms. The number of pyridine rings is 1. The smallest absolute Gasteiger partial charge is 0.114 e. The zero-order chi connectivity index (χ0) is 21.9. The molecule has 1 fully saturated rings. The zero-order valence-electron chi connectivity index (χ0n) is 19.2. The van der Waals surface area contributed by atoms with E-state index in [1.54, 1.807) is 0 Å². The van der Waals surface area contributed by atoms with Gasteiger partial charge in [-0.05, 0) is 83.0 Å². The number of fused-ring (bicyclic) bond motifs is 2. The van der Waals surface area contributed by atoms with Crippen molar-refractivity contribution in [3.8, 4) is 11.3 Å². The lowest BCUT2D eigenvalue weighted by Gasteiger charge is -2.40. The van der Waals surface area contributed by atoms with E-state index in [0.717, 1.165) is 51.9 Å². The minimum atomic E-state index is 0.467. The van der Waals surface area contributed by atoms with Crippen molar-refractivity contribution >= 4 is 21.9 Å². The third-order valence-electron chi connectivity index (χ3n) is 7.06. The van der Waals surface area contributed by atoms with Crippen molar-refractivity contribution in [2.45, 2.75) is 58.5 Å². The molecule has 6 heteroatoms. The van der Waals surface area contributed by atoms with Crippen LogP contribution in [-0.4, -0.2) is 49.0 Å². The molecule has 1 unspecified atom stereocenters. The molecule has 0 amide bonds. The first-order chi connectivity index (χ1) is 14.8. The van der Waals surface area contributed by atoms with Crippen molar-refractivity contribution in [2.75, 3.05) is 7.05 Å². The summed E-state index contributed by atoms with van der Waals surface area (Å²) in [4.78, 5) is 7.32. The monoisotopic (exact) mass is 414 g/mol. The lowest BCUT2D eigenvalue weighted by atomic mass is 9.85. The third kappa shape index (κ3) is 3.49. The molecular formula is C25H30N6. The highest BCUT2D eigenvalue weighted by Crippen LogP contribution is 2.35. The quantitative estimate of drug-likeness (QED) is 0.472. The van der Waals surface area contributed by atoms with Crippen molar-refractivity contribution in [1.82, 2.24) is 29.9 Å². The molecule has 4 heterocycles. The molecule has 1 aliphatic rings. The van der Waals surface area contributed by atoms with Gasteiger partial charge in [0.25, 0.3) is 0 Å². The summed E-state index contributed by atoms with van der Waals surface area (Å²) in [5.74, 6) is 0.467. The summed E-state index contributed by atoms with van der Waals surface area (Å²) in [5, 5.41) is 15.0. The van der Waals surface area contributed by atoms with Gasteiger partial charge in [0.2, 0.25) is 0 Å². The van der Waals surface area contributed by atoms with Gasteiger partial charge in [-0.1, -0.05) is 0 Å². The maximum Gasteiger partial charge on any atom is 0.114 e. The van der Waals surface area contributed by atoms with Crippen molar-refractivity contribution in [1.29, 1.82) is 0 Å². The second-order valence-corrected chi connectivity index (χ2v) is 9.39. The predicted molar refractivity (Wildman–Crippen MR) is 125 cm³/mol. The van der Waals surface area contributed by atoms with Crippen LogP contribution in [0.25, 0.3) is 33.2 Å². The fourth-order valence-corrected chi connectivity index (χ4v) is 5.04. The minimum absolute atomic E-state index is 0.467. The Morgan fingerprint density at radius 1 is 0.871 bits per heavy atom. The molecule has 1 saturated heterocycles. The van der Waals surface area contributed by atoms with E-state index in [1.807, 2.05) is 17.9 Å². The van der Waals surface area contributed by atoms with Crippen LogP contribution in [0.3, 0.4) is 0 Å². The van der Waals surface area contributed by atoms with E-state index >= 15 is 0 Å². The zero-order valence-corrected chi connectivity index (χ0v) is 19.2. The summed E-state index contributed by atoms with van der Waals surface area (Å²) < 4.78 is 1.82. The summed E-state index contributed by atoms with van der Waals surface area (Å²) in [5.41, 5.74) is 8.29. The number of rotatable bonds is 2. The first-order valence-electron chi connectivity index (χ1n) is 11.1. The second kappa shape index (κ2) is 7.38. The van der Waals surface area contributed by atoms with Gasteiger partial charge in [0.1, 0.15) is 11.0 Å². The summed E-state index contributed by atoms with van der Waals surface area (Å²) >= 11 is 0. The lowest BCUT2D eigenvalue weighted by Crippen LogP contribution is -2.43. The largest absolute Gasteiger partial charge is 0.301 e. The van der Waals surface area contributed by atoms with Crippen LogP contribution in [0.2, 0.25) is 0 Å². The molecule has 0 bridgehead atoms. The Balaban J connectivity index is 1.54. The number of hydrogen-bond donors (Lipinski definition) is 0. The first kappa shape index (κ1) is 20.1. The number of benzene rings is 1. The van der Waals surface area contributed by atoms with Crippen LogP contribution in [0.1, 0.15) is 49.4 Å². The fourth-order valence-electron chi connectivity index (χ4n) is 5.04. The Bertz CT molecular complexity index is 1280. The maximum absolute atomic E-state index is 4.85. The van der Waals surface area contributed by atoms with Gasteiger partial charge in [0.05, 0.1) is 23.1 Å². The van der Waals surface area contributed by atoms with E-state index in [-0.39, 0.29) is 0 Å². The van der Waals surface area contributed by atoms with Crippen LogP contribution >= 0.6 is 0 Å². The third-order valence-corrected chi connectivity index (χ3v) is 7.06. The molecule has 3 atom stereocenters. The molecule has 1 aliphatic heterocycles. The van der Waals surface area contributed by atoms with Crippen molar-refractivity contribution in [2.24, 2.45) is 7.05 Å². The number of aryl methyl sites for hydroxylation is 3. The van der Waals surface area contributed by atoms with Crippen LogP contribution in [0.15, 0.2) is 30.5 Å². The molecule has 5 rings (SSSR count). The Labute approximate surface area is 183 Å². The summed E-state index contributed by atoms with van der Waals surface area (Å²) in [6.45, 7) is 8.86. The van der Waals surface area contributed by atoms with Crippen molar-refractivity contribution in [3.63, 3.8) is 0 Å². The molecule has 0 aliphatic carbocycles. The molecule has 0 N–H and O–H groups in total. The number of nitrogens with zero attached hydrogens (tertiary/aromatic N) is 6. The minimum Gasteiger partial charge on any atom is -0.301 e. The predicted octanol–water partition coefficient (Wildman–Crippen LogP) is 4.78. The van der Waals surface area contributed by atoms with Crippen LogP contribution in [-0.2, 0) is 7.05 Å². The van der Waals surface area contributed by atoms with Crippen LogP contribution in [0.5, 0.6) is 0 Å². The summed E-state index contributed by atoms with van der Waals surface area (Å²) in [6.07, 6.45) is 4.23. The van der Waals surface area contributed by atoms with Crippen LogP contribution in [0.4, 0.5) is 0 Å². The number of hydrogen-bond acceptors (Lipinski definition) is 5. The molecule has 4 aromatic rings. The fraction of sp³-hybridized carbons (Fsp3) is 0.440. The number of aromatic nitrogens is 5. The Hall–Kier alpha value is -2.86. The van der Waals surface area contributed by atoms with Crippen molar-refractivity contribution in [3.05, 3.63) is 47.3 Å². The van der Waals surface area contributed by atoms with E-state index in [9.17, 15) is 0 Å². The Morgan fingerprint density at radius 3 is 2.35 bits per heavy atom. The standard InChI is InChI=1S/C25H30N6/c1-14-7-18(21-8-15(2)25-24(26-21)13-30(5)29-25)11-23-20(14)12-22(27-28-23)19-9-16(3)31(6)17(4)10-19/h7-8,11-13,16-17,19H,9-10H2,1-6H3/t16-,17+,19?. The SMILES string of the molecule is Cc1cc(-c2cc(C)c3nn(C)cc3n2)cc2nnc(C3C[C@@H](C)N(C)[C@@H](C)C3)cc12. The Morgan fingerprint density at radius 2 is 1.61 bits per heavy atom. The van der Waals surface area contributed by atoms with E-state index < -0.39 is 0 Å². The Kier molecular flexibility index (Phi) is 4.77. The topological polar surface area (TPSA) is 59.7 Å². The molecular weight excluding hydrogens is 384 g/mol. The molecule has 1 aromatic carbocycles. The lowest BCUT2D eigenvalue weighted by molar-refractivity contribution is 0.121. The summed E-state index contributed by atoms with van der Waals surface area (Å²) in [7, 11) is 4.15. The van der Waals surface area contributed by atoms with Crippen LogP contribution in [0, 0.1) is 13.8 Å². The summed E-state index contributed by atoms with van der Waals surface area (Å²) in [6, 6.07) is 9.83. The molecule has 160 valence electrons. The molecule has 0 radical (unpaired) electrons. The normalized spacial score (nSPS) is 22.5. The molecule has 0 saturated carbocycles. The molecule has 31 heavy (non-hydrogen) atoms. The van der Waals surface area contributed by atoms with E-state index in [2.05, 4.69) is 79.2 Å². The number of piperidine rings is 1. The van der Waals surface area contributed by atoms with Gasteiger partial charge in [-0.2, -0.15) is 15.3 Å². The van der Waals surface area contributed by atoms with Gasteiger partial charge < -0.3 is 4.90 Å². The van der Waals surface area contributed by atoms with Crippen molar-refractivity contribution < 1.29 is 0 Å². The van der Waals surface area contributed by atoms with Gasteiger partial charge in [-0.25, -0.2) is 4.98 Å². The number of likely N-dealkylation sites (tertiary alicyclic amines) is 1. The average Bonchev–Trinajstić information content (AvgIpc) is 3.12. The van der Waals surface area contributed by atoms with Gasteiger partial charge in [-0.3, -0.25) is 4.68 Å². The average molecular weight is 415 g/mol. The van der Waals surface area contributed by atoms with Gasteiger partial charge >= 0.3 is 0 Å². The van der Waals surface area contributed by atoms with Gasteiger partial charge in [0.15, 0.2) is 0 Å². The highest BCUT2D eigenvalue weighted by molar-refractivity contribution is 5.88. The van der Waals surface area contributed by atoms with E-state index in [1.165, 1.54) is 10.9 Å². The highest BCUT2D eigenvalue weighted by atomic mass is 15.3. The van der Waals surface area contributed by atoms with E-state index in [0.29, 0.717) is 18.0 Å². The van der Waals surface area contributed by atoms with Gasteiger partial charge in [0, 0.05) is 36.0 Å². The molecule has 3 aromatic heterocycles. The first-order valence-corrected chi connectivity index (χ1v) is 11.1. The van der Waals surface area contributed by atoms with Gasteiger partial charge in [-0.15, -0.1) is 0 Å². The van der Waals surface area contributed by atoms with Crippen LogP contribution < -0.4 is 0 Å². The highest BCUT2D eigenvalue weighted by Gasteiger charge is 2.30. The molecule has 6 nitrogen and oxygen atoms in total. The maximum atomic E-state index is 4.85. The second-order valence-electron chi connectivity index (χ2n) is 9.39. The van der Waals surface area contributed by atoms with E-state index in [4.69, 9.17) is 4.98 Å².